The maximum Gasteiger partial charge on any atom is 0.325 e. The van der Waals surface area contributed by atoms with E-state index in [1.54, 1.807) is 54.3 Å². The molecule has 9 heteroatoms. The first kappa shape index (κ1) is 19.3. The molecule has 0 aliphatic carbocycles. The van der Waals surface area contributed by atoms with Crippen molar-refractivity contribution in [2.45, 2.75) is 19.0 Å². The Morgan fingerprint density at radius 1 is 1.10 bits per heavy atom. The van der Waals surface area contributed by atoms with Crippen LogP contribution in [-0.4, -0.2) is 44.1 Å². The highest BCUT2D eigenvalue weighted by molar-refractivity contribution is 6.10. The van der Waals surface area contributed by atoms with Crippen LogP contribution >= 0.6 is 0 Å². The Morgan fingerprint density at radius 2 is 1.83 bits per heavy atom. The molecule has 1 aliphatic heterocycles. The van der Waals surface area contributed by atoms with Crippen LogP contribution in [-0.2, 0) is 21.7 Å². The molecule has 1 saturated heterocycles. The summed E-state index contributed by atoms with van der Waals surface area (Å²) in [5.41, 5.74) is 0.854. The van der Waals surface area contributed by atoms with Crippen molar-refractivity contribution in [3.8, 4) is 0 Å². The minimum absolute atomic E-state index is 0.384. The fraction of sp³-hybridized carbons (Fsp3) is 0.190. The van der Waals surface area contributed by atoms with Gasteiger partial charge in [-0.05, 0) is 24.1 Å². The summed E-state index contributed by atoms with van der Waals surface area (Å²) in [4.78, 5) is 42.9. The Hall–Kier alpha value is -4.01. The molecule has 2 aromatic carbocycles. The fourth-order valence-electron chi connectivity index (χ4n) is 3.41. The van der Waals surface area contributed by atoms with Gasteiger partial charge in [-0.2, -0.15) is 5.10 Å². The molecule has 1 aromatic heterocycles. The quantitative estimate of drug-likeness (QED) is 0.608. The van der Waals surface area contributed by atoms with Crippen molar-refractivity contribution in [1.29, 1.82) is 0 Å². The molecular weight excluding hydrogens is 384 g/mol. The van der Waals surface area contributed by atoms with E-state index in [2.05, 4.69) is 20.7 Å². The topological polar surface area (TPSA) is 109 Å². The number of anilines is 1. The van der Waals surface area contributed by atoms with Crippen LogP contribution in [0.15, 0.2) is 67.3 Å². The van der Waals surface area contributed by atoms with Gasteiger partial charge in [-0.1, -0.05) is 48.5 Å². The van der Waals surface area contributed by atoms with Crippen LogP contribution in [0.1, 0.15) is 18.1 Å². The third kappa shape index (κ3) is 3.64. The molecule has 1 atom stereocenters. The number of aromatic nitrogens is 3. The predicted octanol–water partition coefficient (Wildman–Crippen LogP) is 1.73. The summed E-state index contributed by atoms with van der Waals surface area (Å²) >= 11 is 0. The summed E-state index contributed by atoms with van der Waals surface area (Å²) in [6.07, 6.45) is 3.01. The summed E-state index contributed by atoms with van der Waals surface area (Å²) in [5.74, 6) is -0.938. The molecule has 1 unspecified atom stereocenters. The number of carbonyl (C=O) groups excluding carboxylic acids is 3. The first-order valence-electron chi connectivity index (χ1n) is 9.37. The average Bonchev–Trinajstić information content (AvgIpc) is 3.33. The van der Waals surface area contributed by atoms with Gasteiger partial charge in [-0.15, -0.1) is 0 Å². The van der Waals surface area contributed by atoms with Gasteiger partial charge in [0.2, 0.25) is 5.91 Å². The highest BCUT2D eigenvalue weighted by Gasteiger charge is 2.49. The van der Waals surface area contributed by atoms with E-state index in [1.165, 1.54) is 6.33 Å². The van der Waals surface area contributed by atoms with Crippen molar-refractivity contribution in [1.82, 2.24) is 25.0 Å². The molecule has 3 aromatic rings. The lowest BCUT2D eigenvalue weighted by Crippen LogP contribution is -2.42. The molecule has 9 nitrogen and oxygen atoms in total. The zero-order chi connectivity index (χ0) is 21.1. The summed E-state index contributed by atoms with van der Waals surface area (Å²) < 4.78 is 1.63. The maximum atomic E-state index is 12.9. The van der Waals surface area contributed by atoms with Crippen molar-refractivity contribution in [2.24, 2.45) is 0 Å². The van der Waals surface area contributed by atoms with Gasteiger partial charge < -0.3 is 10.6 Å². The first-order chi connectivity index (χ1) is 14.5. The number of para-hydroxylation sites is 1. The van der Waals surface area contributed by atoms with Gasteiger partial charge in [0.05, 0.1) is 6.54 Å². The molecule has 152 valence electrons. The van der Waals surface area contributed by atoms with Gasteiger partial charge in [0.1, 0.15) is 24.7 Å². The van der Waals surface area contributed by atoms with E-state index >= 15 is 0 Å². The predicted molar refractivity (Wildman–Crippen MR) is 108 cm³/mol. The van der Waals surface area contributed by atoms with E-state index in [9.17, 15) is 14.4 Å². The molecule has 1 fully saturated rings. The normalized spacial score (nSPS) is 18.4. The van der Waals surface area contributed by atoms with Crippen LogP contribution < -0.4 is 10.6 Å². The minimum atomic E-state index is -1.20. The number of urea groups is 1. The van der Waals surface area contributed by atoms with Crippen molar-refractivity contribution in [3.63, 3.8) is 0 Å². The fourth-order valence-corrected chi connectivity index (χ4v) is 3.41. The van der Waals surface area contributed by atoms with Crippen molar-refractivity contribution >= 4 is 23.5 Å². The Balaban J connectivity index is 1.47. The summed E-state index contributed by atoms with van der Waals surface area (Å²) in [5, 5.41) is 9.55. The van der Waals surface area contributed by atoms with Crippen LogP contribution in [0.5, 0.6) is 0 Å². The molecule has 30 heavy (non-hydrogen) atoms. The summed E-state index contributed by atoms with van der Waals surface area (Å²) in [6, 6.07) is 15.6. The molecule has 4 amide bonds. The number of benzene rings is 2. The monoisotopic (exact) mass is 404 g/mol. The van der Waals surface area contributed by atoms with Gasteiger partial charge in [0.15, 0.2) is 0 Å². The highest BCUT2D eigenvalue weighted by atomic mass is 16.2. The van der Waals surface area contributed by atoms with E-state index in [0.29, 0.717) is 17.8 Å². The molecule has 1 aliphatic rings. The third-order valence-electron chi connectivity index (χ3n) is 5.02. The molecule has 0 saturated carbocycles. The number of carbonyl (C=O) groups is 3. The van der Waals surface area contributed by atoms with E-state index in [-0.39, 0.29) is 6.54 Å². The van der Waals surface area contributed by atoms with Crippen molar-refractivity contribution in [2.75, 3.05) is 11.9 Å². The highest BCUT2D eigenvalue weighted by Crippen LogP contribution is 2.28. The smallest absolute Gasteiger partial charge is 0.324 e. The van der Waals surface area contributed by atoms with Crippen LogP contribution in [0.2, 0.25) is 0 Å². The molecule has 2 heterocycles. The number of hydrogen-bond donors (Lipinski definition) is 2. The van der Waals surface area contributed by atoms with E-state index in [4.69, 9.17) is 0 Å². The number of rotatable bonds is 6. The van der Waals surface area contributed by atoms with Crippen molar-refractivity contribution in [3.05, 3.63) is 78.4 Å². The molecule has 0 radical (unpaired) electrons. The summed E-state index contributed by atoms with van der Waals surface area (Å²) in [6.45, 7) is 1.67. The van der Waals surface area contributed by atoms with E-state index < -0.39 is 23.4 Å². The second-order valence-corrected chi connectivity index (χ2v) is 7.11. The number of hydrogen-bond acceptors (Lipinski definition) is 5. The van der Waals surface area contributed by atoms with Crippen LogP contribution in [0.25, 0.3) is 0 Å². The Labute approximate surface area is 172 Å². The average molecular weight is 404 g/mol. The second-order valence-electron chi connectivity index (χ2n) is 7.11. The van der Waals surface area contributed by atoms with E-state index in [1.807, 2.05) is 18.2 Å². The van der Waals surface area contributed by atoms with Gasteiger partial charge in [0, 0.05) is 5.69 Å². The number of nitrogens with one attached hydrogen (secondary N) is 2. The largest absolute Gasteiger partial charge is 0.325 e. The number of imide groups is 1. The molecule has 2 N–H and O–H groups in total. The Kier molecular flexibility index (Phi) is 5.01. The number of nitrogens with zero attached hydrogens (tertiary/aromatic N) is 4. The zero-order valence-electron chi connectivity index (χ0n) is 16.3. The van der Waals surface area contributed by atoms with Crippen LogP contribution in [0.4, 0.5) is 10.5 Å². The SMILES string of the molecule is CC1(c2ccccc2)NC(=O)N(CC(=O)Nc2ccccc2Cn2cncn2)C1=O. The minimum Gasteiger partial charge on any atom is -0.324 e. The first-order valence-corrected chi connectivity index (χ1v) is 9.37. The van der Waals surface area contributed by atoms with Gasteiger partial charge in [-0.3, -0.25) is 14.5 Å². The number of amides is 4. The lowest BCUT2D eigenvalue weighted by atomic mass is 9.92. The summed E-state index contributed by atoms with van der Waals surface area (Å²) in [7, 11) is 0. The lowest BCUT2D eigenvalue weighted by Gasteiger charge is -2.22. The van der Waals surface area contributed by atoms with Gasteiger partial charge in [-0.25, -0.2) is 14.5 Å². The molecule has 0 bridgehead atoms. The van der Waals surface area contributed by atoms with Crippen molar-refractivity contribution < 1.29 is 14.4 Å². The molecular formula is C21H20N6O3. The van der Waals surface area contributed by atoms with Gasteiger partial charge >= 0.3 is 6.03 Å². The van der Waals surface area contributed by atoms with Crippen LogP contribution in [0, 0.1) is 0 Å². The zero-order valence-corrected chi connectivity index (χ0v) is 16.3. The maximum absolute atomic E-state index is 12.9. The second kappa shape index (κ2) is 7.78. The van der Waals surface area contributed by atoms with Gasteiger partial charge in [0.25, 0.3) is 5.91 Å². The molecule has 4 rings (SSSR count). The third-order valence-corrected chi connectivity index (χ3v) is 5.02. The Bertz CT molecular complexity index is 1080. The lowest BCUT2D eigenvalue weighted by molar-refractivity contribution is -0.133. The van der Waals surface area contributed by atoms with E-state index in [0.717, 1.165) is 10.5 Å². The molecule has 0 spiro atoms. The Morgan fingerprint density at radius 3 is 2.57 bits per heavy atom. The van der Waals surface area contributed by atoms with Crippen LogP contribution in [0.3, 0.4) is 0 Å². The standard InChI is InChI=1S/C21H20N6O3/c1-21(16-8-3-2-4-9-16)19(29)27(20(30)25-21)12-18(28)24-17-10-6-5-7-15(17)11-26-14-22-13-23-26/h2-10,13-14H,11-12H2,1H3,(H,24,28)(H,25,30).